The molecule has 42 valence electrons. The molecule has 0 atom stereocenters. The first-order chi connectivity index (χ1) is 3.80. The molecule has 0 aromatic rings. The molecule has 0 radical (unpaired) electrons. The van der Waals surface area contributed by atoms with Crippen molar-refractivity contribution >= 4 is 5.71 Å². The van der Waals surface area contributed by atoms with Crippen molar-refractivity contribution in [1.82, 2.24) is 0 Å². The van der Waals surface area contributed by atoms with Gasteiger partial charge in [0.25, 0.3) is 0 Å². The van der Waals surface area contributed by atoms with Crippen molar-refractivity contribution in [2.24, 2.45) is 0 Å². The van der Waals surface area contributed by atoms with Gasteiger partial charge in [0.15, 0.2) is 0 Å². The summed E-state index contributed by atoms with van der Waals surface area (Å²) in [6.45, 7) is 1.82. The molecule has 0 heterocycles. The minimum Gasteiger partial charge on any atom is -0.305 e. The van der Waals surface area contributed by atoms with Crippen molar-refractivity contribution in [2.45, 2.75) is 13.3 Å². The van der Waals surface area contributed by atoms with E-state index < -0.39 is 0 Å². The van der Waals surface area contributed by atoms with E-state index in [0.717, 1.165) is 12.0 Å². The average molecular weight is 107 g/mol. The summed E-state index contributed by atoms with van der Waals surface area (Å²) in [4.78, 5) is 0. The van der Waals surface area contributed by atoms with Gasteiger partial charge in [0, 0.05) is 5.71 Å². The minimum absolute atomic E-state index is 0.690. The number of allylic oxidation sites excluding steroid dienone is 4. The van der Waals surface area contributed by atoms with E-state index in [1.165, 1.54) is 0 Å². The summed E-state index contributed by atoms with van der Waals surface area (Å²) < 4.78 is 0. The van der Waals surface area contributed by atoms with Crippen molar-refractivity contribution in [3.8, 4) is 0 Å². The zero-order valence-electron chi connectivity index (χ0n) is 4.94. The summed E-state index contributed by atoms with van der Waals surface area (Å²) in [5.41, 5.74) is 1.83. The topological polar surface area (TPSA) is 23.9 Å². The van der Waals surface area contributed by atoms with E-state index in [1.807, 2.05) is 19.1 Å². The Morgan fingerprint density at radius 2 is 2.50 bits per heavy atom. The summed E-state index contributed by atoms with van der Waals surface area (Å²) in [5.74, 6) is 0. The van der Waals surface area contributed by atoms with Crippen LogP contribution in [-0.2, 0) is 0 Å². The molecule has 0 spiro atoms. The maximum absolute atomic E-state index is 7.18. The van der Waals surface area contributed by atoms with Crippen LogP contribution >= 0.6 is 0 Å². The van der Waals surface area contributed by atoms with Gasteiger partial charge < -0.3 is 5.41 Å². The second-order valence-corrected chi connectivity index (χ2v) is 1.95. The van der Waals surface area contributed by atoms with Crippen LogP contribution in [0.1, 0.15) is 13.3 Å². The van der Waals surface area contributed by atoms with Gasteiger partial charge in [0.2, 0.25) is 0 Å². The zero-order valence-corrected chi connectivity index (χ0v) is 4.94. The fourth-order valence-corrected chi connectivity index (χ4v) is 0.725. The molecule has 0 fully saturated rings. The van der Waals surface area contributed by atoms with Gasteiger partial charge in [-0.25, -0.2) is 0 Å². The molecule has 0 amide bonds. The molecule has 0 aromatic carbocycles. The Bertz CT molecular complexity index is 163. The first-order valence-electron chi connectivity index (χ1n) is 2.72. The van der Waals surface area contributed by atoms with Gasteiger partial charge in [-0.3, -0.25) is 0 Å². The minimum atomic E-state index is 0.690. The van der Waals surface area contributed by atoms with Crippen LogP contribution in [0.15, 0.2) is 23.8 Å². The lowest BCUT2D eigenvalue weighted by molar-refractivity contribution is 1.32. The van der Waals surface area contributed by atoms with Gasteiger partial charge in [-0.2, -0.15) is 0 Å². The molecule has 0 aliphatic heterocycles. The molecule has 1 heteroatoms. The molecular weight excluding hydrogens is 98.1 g/mol. The van der Waals surface area contributed by atoms with E-state index in [1.54, 1.807) is 0 Å². The van der Waals surface area contributed by atoms with Crippen LogP contribution in [0.3, 0.4) is 0 Å². The van der Waals surface area contributed by atoms with Crippen LogP contribution in [0, 0.1) is 5.41 Å². The van der Waals surface area contributed by atoms with Crippen LogP contribution < -0.4 is 0 Å². The second kappa shape index (κ2) is 1.95. The van der Waals surface area contributed by atoms with Crippen LogP contribution in [-0.4, -0.2) is 5.71 Å². The number of hydrogen-bond donors (Lipinski definition) is 1. The molecule has 0 aromatic heterocycles. The highest BCUT2D eigenvalue weighted by molar-refractivity contribution is 5.96. The molecule has 8 heavy (non-hydrogen) atoms. The smallest absolute Gasteiger partial charge is 0.0318 e. The van der Waals surface area contributed by atoms with Gasteiger partial charge in [0.05, 0.1) is 0 Å². The molecule has 1 nitrogen and oxygen atoms in total. The standard InChI is InChI=1S/C7H9N/c1-6(8)7-4-2-3-5-7/h2-4,8H,5H2,1H3. The summed E-state index contributed by atoms with van der Waals surface area (Å²) in [6, 6.07) is 0. The predicted molar refractivity (Wildman–Crippen MR) is 35.2 cm³/mol. The third kappa shape index (κ3) is 0.861. The van der Waals surface area contributed by atoms with E-state index in [0.29, 0.717) is 5.71 Å². The lowest BCUT2D eigenvalue weighted by Crippen LogP contribution is -1.89. The Morgan fingerprint density at radius 3 is 2.75 bits per heavy atom. The second-order valence-electron chi connectivity index (χ2n) is 1.95. The highest BCUT2D eigenvalue weighted by atomic mass is 14.4. The number of nitrogens with one attached hydrogen (secondary N) is 1. The third-order valence-corrected chi connectivity index (χ3v) is 1.25. The van der Waals surface area contributed by atoms with Gasteiger partial charge in [-0.1, -0.05) is 18.2 Å². The Hall–Kier alpha value is -0.850. The van der Waals surface area contributed by atoms with Crippen molar-refractivity contribution in [3.05, 3.63) is 23.8 Å². The summed E-state index contributed by atoms with van der Waals surface area (Å²) in [6.07, 6.45) is 7.00. The lowest BCUT2D eigenvalue weighted by atomic mass is 10.1. The van der Waals surface area contributed by atoms with Crippen LogP contribution in [0.2, 0.25) is 0 Å². The highest BCUT2D eigenvalue weighted by Gasteiger charge is 1.98. The largest absolute Gasteiger partial charge is 0.305 e. The van der Waals surface area contributed by atoms with Gasteiger partial charge in [0.1, 0.15) is 0 Å². The summed E-state index contributed by atoms with van der Waals surface area (Å²) >= 11 is 0. The monoisotopic (exact) mass is 107 g/mol. The van der Waals surface area contributed by atoms with Crippen LogP contribution in [0.5, 0.6) is 0 Å². The Balaban J connectivity index is 2.64. The summed E-state index contributed by atoms with van der Waals surface area (Å²) in [5, 5.41) is 7.18. The number of hydrogen-bond acceptors (Lipinski definition) is 1. The van der Waals surface area contributed by atoms with E-state index in [9.17, 15) is 0 Å². The first-order valence-corrected chi connectivity index (χ1v) is 2.72. The third-order valence-electron chi connectivity index (χ3n) is 1.25. The first kappa shape index (κ1) is 5.29. The Kier molecular flexibility index (Phi) is 1.29. The van der Waals surface area contributed by atoms with E-state index >= 15 is 0 Å². The van der Waals surface area contributed by atoms with Crippen molar-refractivity contribution in [2.75, 3.05) is 0 Å². The van der Waals surface area contributed by atoms with Gasteiger partial charge in [-0.15, -0.1) is 0 Å². The highest BCUT2D eigenvalue weighted by Crippen LogP contribution is 2.10. The average Bonchev–Trinajstić information content (AvgIpc) is 2.12. The van der Waals surface area contributed by atoms with Crippen molar-refractivity contribution in [1.29, 1.82) is 5.41 Å². The molecule has 1 N–H and O–H groups in total. The molecule has 1 aliphatic rings. The van der Waals surface area contributed by atoms with Gasteiger partial charge >= 0.3 is 0 Å². The molecule has 0 bridgehead atoms. The quantitative estimate of drug-likeness (QED) is 0.495. The zero-order chi connectivity index (χ0) is 5.98. The number of rotatable bonds is 1. The maximum atomic E-state index is 7.18. The molecule has 0 saturated heterocycles. The molecule has 1 rings (SSSR count). The van der Waals surface area contributed by atoms with Crippen molar-refractivity contribution in [3.63, 3.8) is 0 Å². The summed E-state index contributed by atoms with van der Waals surface area (Å²) in [7, 11) is 0. The predicted octanol–water partition coefficient (Wildman–Crippen LogP) is 1.91. The SMILES string of the molecule is CC(=N)C1=CC=CC1. The fourth-order valence-electron chi connectivity index (χ4n) is 0.725. The Labute approximate surface area is 49.2 Å². The molecule has 0 saturated carbocycles. The van der Waals surface area contributed by atoms with Gasteiger partial charge in [-0.05, 0) is 18.9 Å². The molecule has 1 aliphatic carbocycles. The van der Waals surface area contributed by atoms with E-state index in [4.69, 9.17) is 5.41 Å². The molecular formula is C7H9N. The van der Waals surface area contributed by atoms with Crippen molar-refractivity contribution < 1.29 is 0 Å². The maximum Gasteiger partial charge on any atom is 0.0318 e. The normalized spacial score (nSPS) is 16.4. The Morgan fingerprint density at radius 1 is 1.75 bits per heavy atom. The fraction of sp³-hybridized carbons (Fsp3) is 0.286. The van der Waals surface area contributed by atoms with E-state index in [2.05, 4.69) is 6.08 Å². The van der Waals surface area contributed by atoms with E-state index in [-0.39, 0.29) is 0 Å². The lowest BCUT2D eigenvalue weighted by Gasteiger charge is -1.92. The van der Waals surface area contributed by atoms with Crippen LogP contribution in [0.25, 0.3) is 0 Å². The molecule has 0 unspecified atom stereocenters. The van der Waals surface area contributed by atoms with Crippen LogP contribution in [0.4, 0.5) is 0 Å².